The van der Waals surface area contributed by atoms with Crippen LogP contribution < -0.4 is 10.1 Å². The first-order valence-electron chi connectivity index (χ1n) is 13.2. The molecule has 0 radical (unpaired) electrons. The molecular formula is C30H34F2N4O3. The Morgan fingerprint density at radius 2 is 1.92 bits per heavy atom. The van der Waals surface area contributed by atoms with Crippen molar-refractivity contribution in [1.82, 2.24) is 20.2 Å². The van der Waals surface area contributed by atoms with Crippen LogP contribution >= 0.6 is 0 Å². The monoisotopic (exact) mass is 536 g/mol. The zero-order chi connectivity index (χ0) is 28.1. The Labute approximate surface area is 227 Å². The molecule has 3 heterocycles. The van der Waals surface area contributed by atoms with Crippen molar-refractivity contribution >= 4 is 11.8 Å². The summed E-state index contributed by atoms with van der Waals surface area (Å²) in [7, 11) is 0. The molecule has 0 saturated carbocycles. The van der Waals surface area contributed by atoms with Crippen molar-refractivity contribution in [3.63, 3.8) is 0 Å². The second kappa shape index (κ2) is 12.3. The van der Waals surface area contributed by atoms with Gasteiger partial charge in [-0.2, -0.15) is 4.39 Å². The molecule has 4 rings (SSSR count). The van der Waals surface area contributed by atoms with E-state index in [4.69, 9.17) is 4.74 Å². The number of nitrogens with one attached hydrogen (secondary N) is 1. The third-order valence-electron chi connectivity index (χ3n) is 6.83. The summed E-state index contributed by atoms with van der Waals surface area (Å²) in [6.45, 7) is 7.75. The molecule has 206 valence electrons. The first-order valence-corrected chi connectivity index (χ1v) is 13.2. The third-order valence-corrected chi connectivity index (χ3v) is 6.83. The second-order valence-electron chi connectivity index (χ2n) is 10.1. The number of alkyl halides is 1. The minimum absolute atomic E-state index is 0.0255. The van der Waals surface area contributed by atoms with Gasteiger partial charge in [-0.3, -0.25) is 9.59 Å². The van der Waals surface area contributed by atoms with Gasteiger partial charge >= 0.3 is 0 Å². The van der Waals surface area contributed by atoms with E-state index in [1.807, 2.05) is 45.9 Å². The molecular weight excluding hydrogens is 502 g/mol. The van der Waals surface area contributed by atoms with E-state index in [0.29, 0.717) is 34.9 Å². The molecule has 3 aromatic rings. The van der Waals surface area contributed by atoms with Gasteiger partial charge < -0.3 is 15.0 Å². The number of hydrogen-bond acceptors (Lipinski definition) is 5. The minimum Gasteiger partial charge on any atom is -0.478 e. The fourth-order valence-electron chi connectivity index (χ4n) is 4.85. The van der Waals surface area contributed by atoms with Crippen LogP contribution in [0, 0.1) is 12.9 Å². The topological polar surface area (TPSA) is 84.4 Å². The van der Waals surface area contributed by atoms with Gasteiger partial charge in [0, 0.05) is 23.7 Å². The molecule has 0 bridgehead atoms. The first-order chi connectivity index (χ1) is 18.7. The number of benzene rings is 1. The number of carbonyl (C=O) groups excluding carboxylic acids is 2. The van der Waals surface area contributed by atoms with Crippen molar-refractivity contribution in [2.24, 2.45) is 0 Å². The highest BCUT2D eigenvalue weighted by molar-refractivity contribution is 5.89. The Kier molecular flexibility index (Phi) is 8.89. The van der Waals surface area contributed by atoms with Crippen molar-refractivity contribution in [2.45, 2.75) is 64.7 Å². The van der Waals surface area contributed by atoms with Gasteiger partial charge in [-0.25, -0.2) is 14.4 Å². The molecule has 2 aromatic heterocycles. The Hall–Kier alpha value is -3.88. The molecule has 7 nitrogen and oxygen atoms in total. The molecule has 1 N–H and O–H groups in total. The third kappa shape index (κ3) is 6.58. The summed E-state index contributed by atoms with van der Waals surface area (Å²) >= 11 is 0. The summed E-state index contributed by atoms with van der Waals surface area (Å²) < 4.78 is 34.8. The lowest BCUT2D eigenvalue weighted by molar-refractivity contribution is -0.138. The summed E-state index contributed by atoms with van der Waals surface area (Å²) in [5.41, 5.74) is 2.92. The van der Waals surface area contributed by atoms with Crippen molar-refractivity contribution < 1.29 is 23.1 Å². The molecule has 2 amide bonds. The van der Waals surface area contributed by atoms with Crippen molar-refractivity contribution in [3.05, 3.63) is 88.6 Å². The van der Waals surface area contributed by atoms with Gasteiger partial charge in [0.1, 0.15) is 12.2 Å². The zero-order valence-corrected chi connectivity index (χ0v) is 22.7. The van der Waals surface area contributed by atoms with Gasteiger partial charge in [-0.1, -0.05) is 50.2 Å². The van der Waals surface area contributed by atoms with Crippen LogP contribution in [0.25, 0.3) is 0 Å². The first kappa shape index (κ1) is 28.1. The van der Waals surface area contributed by atoms with Crippen molar-refractivity contribution in [1.29, 1.82) is 0 Å². The van der Waals surface area contributed by atoms with Gasteiger partial charge in [-0.15, -0.1) is 0 Å². The number of carbonyl (C=O) groups is 2. The fraction of sp³-hybridized carbons (Fsp3) is 0.400. The van der Waals surface area contributed by atoms with Crippen LogP contribution in [-0.2, 0) is 16.0 Å². The Morgan fingerprint density at radius 3 is 2.56 bits per heavy atom. The highest BCUT2D eigenvalue weighted by Gasteiger charge is 2.40. The normalized spacial score (nSPS) is 17.8. The lowest BCUT2D eigenvalue weighted by Gasteiger charge is -2.27. The number of amides is 2. The predicted molar refractivity (Wildman–Crippen MR) is 144 cm³/mol. The van der Waals surface area contributed by atoms with E-state index in [2.05, 4.69) is 15.3 Å². The highest BCUT2D eigenvalue weighted by atomic mass is 19.1. The molecule has 1 aliphatic rings. The van der Waals surface area contributed by atoms with E-state index >= 15 is 0 Å². The number of nitrogens with zero attached hydrogens (tertiary/aromatic N) is 3. The Balaban J connectivity index is 1.55. The van der Waals surface area contributed by atoms with Crippen molar-refractivity contribution in [2.75, 3.05) is 13.2 Å². The van der Waals surface area contributed by atoms with Gasteiger partial charge in [0.15, 0.2) is 0 Å². The summed E-state index contributed by atoms with van der Waals surface area (Å²) in [5.74, 6) is -1.05. The van der Waals surface area contributed by atoms with E-state index in [0.717, 1.165) is 5.56 Å². The maximum Gasteiger partial charge on any atom is 0.243 e. The van der Waals surface area contributed by atoms with Crippen LogP contribution in [0.1, 0.15) is 67.1 Å². The average molecular weight is 537 g/mol. The summed E-state index contributed by atoms with van der Waals surface area (Å²) in [6.07, 6.45) is 0.0807. The zero-order valence-electron chi connectivity index (χ0n) is 22.7. The van der Waals surface area contributed by atoms with E-state index in [9.17, 15) is 18.4 Å². The van der Waals surface area contributed by atoms with Crippen LogP contribution in [0.3, 0.4) is 0 Å². The number of likely N-dealkylation sites (tertiary alicyclic amines) is 1. The Bertz CT molecular complexity index is 1320. The van der Waals surface area contributed by atoms with E-state index < -0.39 is 30.1 Å². The SMILES string of the molecule is CCOc1ncc(CC(=O)N2CC(F)CC2C(=O)NC(c2ccccc2)c2ccc(C(C)C)c(F)n2)cc1C. The standard InChI is InChI=1S/C30H34F2N4O3/c1-5-39-30-19(4)13-20(16-33-30)14-26(37)36-17-22(31)15-25(36)29(38)35-27(21-9-7-6-8-10-21)24-12-11-23(18(2)3)28(32)34-24/h6-13,16,18,22,25,27H,5,14-15,17H2,1-4H3,(H,35,38). The number of hydrogen-bond donors (Lipinski definition) is 1. The molecule has 1 fully saturated rings. The molecule has 3 unspecified atom stereocenters. The number of rotatable bonds is 9. The molecule has 0 aliphatic carbocycles. The number of pyridine rings is 2. The number of halogens is 2. The van der Waals surface area contributed by atoms with Crippen molar-refractivity contribution in [3.8, 4) is 5.88 Å². The lowest BCUT2D eigenvalue weighted by Crippen LogP contribution is -2.47. The molecule has 1 aromatic carbocycles. The predicted octanol–water partition coefficient (Wildman–Crippen LogP) is 4.83. The number of ether oxygens (including phenoxy) is 1. The van der Waals surface area contributed by atoms with Crippen LogP contribution in [0.4, 0.5) is 8.78 Å². The molecule has 9 heteroatoms. The summed E-state index contributed by atoms with van der Waals surface area (Å²) in [5, 5.41) is 2.91. The van der Waals surface area contributed by atoms with Gasteiger partial charge in [-0.05, 0) is 43.0 Å². The minimum atomic E-state index is -1.33. The van der Waals surface area contributed by atoms with Gasteiger partial charge in [0.25, 0.3) is 0 Å². The molecule has 1 aliphatic heterocycles. The van der Waals surface area contributed by atoms with Gasteiger partial charge in [0.05, 0.1) is 31.3 Å². The Morgan fingerprint density at radius 1 is 1.18 bits per heavy atom. The molecule has 0 spiro atoms. The van der Waals surface area contributed by atoms with Crippen LogP contribution in [0.15, 0.2) is 54.7 Å². The van der Waals surface area contributed by atoms with Crippen LogP contribution in [-0.4, -0.2) is 52.0 Å². The molecule has 1 saturated heterocycles. The smallest absolute Gasteiger partial charge is 0.243 e. The maximum atomic E-state index is 14.8. The number of aromatic nitrogens is 2. The van der Waals surface area contributed by atoms with E-state index in [1.54, 1.807) is 36.5 Å². The average Bonchev–Trinajstić information content (AvgIpc) is 3.31. The molecule has 39 heavy (non-hydrogen) atoms. The summed E-state index contributed by atoms with van der Waals surface area (Å²) in [4.78, 5) is 36.4. The summed E-state index contributed by atoms with van der Waals surface area (Å²) in [6, 6.07) is 12.4. The van der Waals surface area contributed by atoms with Crippen LogP contribution in [0.5, 0.6) is 5.88 Å². The fourth-order valence-corrected chi connectivity index (χ4v) is 4.85. The quantitative estimate of drug-likeness (QED) is 0.396. The molecule has 3 atom stereocenters. The highest BCUT2D eigenvalue weighted by Crippen LogP contribution is 2.27. The number of aryl methyl sites for hydroxylation is 1. The van der Waals surface area contributed by atoms with Crippen LogP contribution in [0.2, 0.25) is 0 Å². The van der Waals surface area contributed by atoms with E-state index in [-0.39, 0.29) is 31.2 Å². The van der Waals surface area contributed by atoms with Gasteiger partial charge in [0.2, 0.25) is 23.6 Å². The largest absolute Gasteiger partial charge is 0.478 e. The second-order valence-corrected chi connectivity index (χ2v) is 10.1. The lowest BCUT2D eigenvalue weighted by atomic mass is 9.99. The van der Waals surface area contributed by atoms with E-state index in [1.165, 1.54) is 4.90 Å². The maximum absolute atomic E-state index is 14.8.